The summed E-state index contributed by atoms with van der Waals surface area (Å²) in [6.45, 7) is 0.763. The quantitative estimate of drug-likeness (QED) is 0.574. The van der Waals surface area contributed by atoms with Crippen molar-refractivity contribution in [3.8, 4) is 6.07 Å². The Morgan fingerprint density at radius 3 is 2.89 bits per heavy atom. The summed E-state index contributed by atoms with van der Waals surface area (Å²) in [7, 11) is 1.63. The van der Waals surface area contributed by atoms with Gasteiger partial charge in [-0.1, -0.05) is 24.3 Å². The van der Waals surface area contributed by atoms with Crippen LogP contribution in [-0.4, -0.2) is 25.5 Å². The molecular formula is C20H20FN5O. The Bertz CT molecular complexity index is 919. The summed E-state index contributed by atoms with van der Waals surface area (Å²) in [5, 5.41) is 17.9. The Labute approximate surface area is 157 Å². The van der Waals surface area contributed by atoms with Gasteiger partial charge in [0.2, 0.25) is 5.91 Å². The van der Waals surface area contributed by atoms with Crippen LogP contribution in [0.4, 0.5) is 10.1 Å². The SMILES string of the molecule is CN=C(NCc1ccc(C#N)cc1F)NCC1CC(=O)Nc2ccccc21. The molecule has 2 aromatic rings. The molecule has 0 bridgehead atoms. The molecule has 1 atom stereocenters. The van der Waals surface area contributed by atoms with E-state index in [2.05, 4.69) is 20.9 Å². The Morgan fingerprint density at radius 1 is 1.33 bits per heavy atom. The van der Waals surface area contributed by atoms with E-state index in [9.17, 15) is 9.18 Å². The minimum Gasteiger partial charge on any atom is -0.356 e. The van der Waals surface area contributed by atoms with Gasteiger partial charge >= 0.3 is 0 Å². The molecule has 0 spiro atoms. The zero-order valence-electron chi connectivity index (χ0n) is 14.9. The van der Waals surface area contributed by atoms with Gasteiger partial charge < -0.3 is 16.0 Å². The molecule has 27 heavy (non-hydrogen) atoms. The van der Waals surface area contributed by atoms with Gasteiger partial charge in [-0.2, -0.15) is 5.26 Å². The van der Waals surface area contributed by atoms with E-state index in [0.29, 0.717) is 24.5 Å². The zero-order chi connectivity index (χ0) is 19.2. The smallest absolute Gasteiger partial charge is 0.225 e. The molecule has 3 rings (SSSR count). The predicted octanol–water partition coefficient (Wildman–Crippen LogP) is 2.49. The monoisotopic (exact) mass is 365 g/mol. The van der Waals surface area contributed by atoms with Gasteiger partial charge in [-0.25, -0.2) is 4.39 Å². The number of fused-ring (bicyclic) bond motifs is 1. The van der Waals surface area contributed by atoms with Gasteiger partial charge in [0.05, 0.1) is 11.6 Å². The number of carbonyl (C=O) groups is 1. The van der Waals surface area contributed by atoms with Crippen LogP contribution in [0.15, 0.2) is 47.5 Å². The van der Waals surface area contributed by atoms with E-state index >= 15 is 0 Å². The fraction of sp³-hybridized carbons (Fsp3) is 0.250. The molecule has 1 unspecified atom stereocenters. The van der Waals surface area contributed by atoms with Crippen LogP contribution in [0.3, 0.4) is 0 Å². The summed E-state index contributed by atoms with van der Waals surface area (Å²) >= 11 is 0. The molecule has 1 heterocycles. The molecule has 1 amide bonds. The van der Waals surface area contributed by atoms with Crippen LogP contribution in [0.1, 0.15) is 29.0 Å². The van der Waals surface area contributed by atoms with Crippen molar-refractivity contribution in [3.63, 3.8) is 0 Å². The number of halogens is 1. The van der Waals surface area contributed by atoms with Crippen molar-refractivity contribution >= 4 is 17.6 Å². The van der Waals surface area contributed by atoms with Crippen molar-refractivity contribution in [2.24, 2.45) is 4.99 Å². The molecule has 6 nitrogen and oxygen atoms in total. The van der Waals surface area contributed by atoms with Crippen LogP contribution in [0.5, 0.6) is 0 Å². The standard InChI is InChI=1S/C20H20FN5O/c1-23-20(24-11-14-7-6-13(10-22)8-17(14)21)25-12-15-9-19(27)26-18-5-3-2-4-16(15)18/h2-8,15H,9,11-12H2,1H3,(H,26,27)(H2,23,24,25). The number of nitriles is 1. The number of para-hydroxylation sites is 1. The van der Waals surface area contributed by atoms with Crippen molar-refractivity contribution < 1.29 is 9.18 Å². The molecule has 138 valence electrons. The van der Waals surface area contributed by atoms with E-state index in [1.807, 2.05) is 30.3 Å². The normalized spacial score (nSPS) is 16.1. The van der Waals surface area contributed by atoms with Crippen LogP contribution in [0.25, 0.3) is 0 Å². The summed E-state index contributed by atoms with van der Waals surface area (Å²) in [5.74, 6) is 0.0975. The number of rotatable bonds is 4. The summed E-state index contributed by atoms with van der Waals surface area (Å²) in [4.78, 5) is 16.0. The van der Waals surface area contributed by atoms with Crippen LogP contribution >= 0.6 is 0 Å². The number of nitrogens with zero attached hydrogens (tertiary/aromatic N) is 2. The molecule has 0 saturated carbocycles. The summed E-state index contributed by atoms with van der Waals surface area (Å²) in [6, 6.07) is 14.0. The lowest BCUT2D eigenvalue weighted by atomic mass is 9.90. The number of carbonyl (C=O) groups excluding carboxylic acids is 1. The topological polar surface area (TPSA) is 89.3 Å². The maximum absolute atomic E-state index is 14.0. The number of amides is 1. The Kier molecular flexibility index (Phi) is 5.67. The second kappa shape index (κ2) is 8.32. The molecule has 0 aromatic heterocycles. The number of guanidine groups is 1. The van der Waals surface area contributed by atoms with Crippen molar-refractivity contribution in [3.05, 3.63) is 65.0 Å². The lowest BCUT2D eigenvalue weighted by molar-refractivity contribution is -0.116. The Morgan fingerprint density at radius 2 is 2.15 bits per heavy atom. The first-order valence-corrected chi connectivity index (χ1v) is 8.62. The molecular weight excluding hydrogens is 345 g/mol. The van der Waals surface area contributed by atoms with Crippen molar-refractivity contribution in [2.75, 3.05) is 18.9 Å². The van der Waals surface area contributed by atoms with Gasteiger partial charge in [0, 0.05) is 43.7 Å². The first-order valence-electron chi connectivity index (χ1n) is 8.62. The maximum Gasteiger partial charge on any atom is 0.225 e. The molecule has 0 aliphatic carbocycles. The highest BCUT2D eigenvalue weighted by atomic mass is 19.1. The lowest BCUT2D eigenvalue weighted by Gasteiger charge is -2.26. The number of hydrogen-bond acceptors (Lipinski definition) is 3. The third kappa shape index (κ3) is 4.42. The predicted molar refractivity (Wildman–Crippen MR) is 102 cm³/mol. The van der Waals surface area contributed by atoms with E-state index in [1.54, 1.807) is 19.2 Å². The second-order valence-electron chi connectivity index (χ2n) is 6.26. The average Bonchev–Trinajstić information content (AvgIpc) is 2.68. The highest BCUT2D eigenvalue weighted by Gasteiger charge is 2.24. The third-order valence-corrected chi connectivity index (χ3v) is 4.47. The van der Waals surface area contributed by atoms with Crippen molar-refractivity contribution in [1.29, 1.82) is 5.26 Å². The fourth-order valence-corrected chi connectivity index (χ4v) is 3.06. The van der Waals surface area contributed by atoms with Crippen molar-refractivity contribution in [1.82, 2.24) is 10.6 Å². The van der Waals surface area contributed by atoms with E-state index in [1.165, 1.54) is 6.07 Å². The summed E-state index contributed by atoms with van der Waals surface area (Å²) in [6.07, 6.45) is 0.394. The molecule has 2 aromatic carbocycles. The number of nitrogens with one attached hydrogen (secondary N) is 3. The average molecular weight is 365 g/mol. The van der Waals surface area contributed by atoms with Crippen molar-refractivity contribution in [2.45, 2.75) is 18.9 Å². The summed E-state index contributed by atoms with van der Waals surface area (Å²) in [5.41, 5.74) is 2.65. The second-order valence-corrected chi connectivity index (χ2v) is 6.26. The van der Waals surface area contributed by atoms with Gasteiger partial charge in [0.15, 0.2) is 5.96 Å². The highest BCUT2D eigenvalue weighted by molar-refractivity contribution is 5.94. The maximum atomic E-state index is 14.0. The molecule has 0 fully saturated rings. The fourth-order valence-electron chi connectivity index (χ4n) is 3.06. The number of hydrogen-bond donors (Lipinski definition) is 3. The molecule has 1 aliphatic rings. The third-order valence-electron chi connectivity index (χ3n) is 4.47. The van der Waals surface area contributed by atoms with Gasteiger partial charge in [-0.3, -0.25) is 9.79 Å². The molecule has 7 heteroatoms. The molecule has 3 N–H and O–H groups in total. The minimum atomic E-state index is -0.435. The number of benzene rings is 2. The van der Waals surface area contributed by atoms with E-state index in [-0.39, 0.29) is 23.9 Å². The van der Waals surface area contributed by atoms with Gasteiger partial charge in [0.25, 0.3) is 0 Å². The highest BCUT2D eigenvalue weighted by Crippen LogP contribution is 2.31. The molecule has 1 aliphatic heterocycles. The van der Waals surface area contributed by atoms with Gasteiger partial charge in [-0.15, -0.1) is 0 Å². The lowest BCUT2D eigenvalue weighted by Crippen LogP contribution is -2.40. The Balaban J connectivity index is 1.60. The largest absolute Gasteiger partial charge is 0.356 e. The summed E-state index contributed by atoms with van der Waals surface area (Å²) < 4.78 is 14.0. The van der Waals surface area contributed by atoms with Crippen LogP contribution in [0.2, 0.25) is 0 Å². The number of anilines is 1. The minimum absolute atomic E-state index is 0.0110. The van der Waals surface area contributed by atoms with E-state index in [0.717, 1.165) is 11.3 Å². The van der Waals surface area contributed by atoms with Gasteiger partial charge in [0.1, 0.15) is 5.82 Å². The molecule has 0 radical (unpaired) electrons. The van der Waals surface area contributed by atoms with Gasteiger partial charge in [-0.05, 0) is 23.8 Å². The molecule has 0 saturated heterocycles. The van der Waals surface area contributed by atoms with Crippen LogP contribution in [0, 0.1) is 17.1 Å². The van der Waals surface area contributed by atoms with Crippen LogP contribution in [-0.2, 0) is 11.3 Å². The Hall–Kier alpha value is -3.40. The first kappa shape index (κ1) is 18.4. The number of aliphatic imine (C=N–C) groups is 1. The van der Waals surface area contributed by atoms with E-state index < -0.39 is 5.82 Å². The van der Waals surface area contributed by atoms with Crippen LogP contribution < -0.4 is 16.0 Å². The zero-order valence-corrected chi connectivity index (χ0v) is 14.9. The van der Waals surface area contributed by atoms with E-state index in [4.69, 9.17) is 5.26 Å². The first-order chi connectivity index (χ1) is 13.1.